The molecule has 134 valence electrons. The fourth-order valence-corrected chi connectivity index (χ4v) is 3.28. The predicted octanol–water partition coefficient (Wildman–Crippen LogP) is 2.89. The van der Waals surface area contributed by atoms with E-state index in [0.717, 1.165) is 42.6 Å². The first-order valence-electron chi connectivity index (χ1n) is 8.77. The maximum Gasteiger partial charge on any atom is 0.209 e. The standard InChI is InChI=1S/C20H22N4O2/c1-25-17-6-4-15(5-7-17)19-13-23-20(26-19)14-24-10-9-22-12-18(24)16-3-2-8-21-11-16/h2-8,11,13,18,22H,9-10,12,14H2,1H3. The van der Waals surface area contributed by atoms with Gasteiger partial charge in [-0.15, -0.1) is 0 Å². The van der Waals surface area contributed by atoms with Crippen molar-refractivity contribution in [2.45, 2.75) is 12.6 Å². The fraction of sp³-hybridized carbons (Fsp3) is 0.300. The molecule has 3 heterocycles. The van der Waals surface area contributed by atoms with Crippen LogP contribution in [0.2, 0.25) is 0 Å². The van der Waals surface area contributed by atoms with Crippen molar-refractivity contribution in [3.8, 4) is 17.1 Å². The molecule has 1 atom stereocenters. The Bertz CT molecular complexity index is 833. The van der Waals surface area contributed by atoms with Gasteiger partial charge in [0.15, 0.2) is 5.76 Å². The Morgan fingerprint density at radius 3 is 2.88 bits per heavy atom. The zero-order valence-electron chi connectivity index (χ0n) is 14.8. The van der Waals surface area contributed by atoms with Gasteiger partial charge in [0.1, 0.15) is 5.75 Å². The SMILES string of the molecule is COc1ccc(-c2cnc(CN3CCNCC3c3cccnc3)o2)cc1. The van der Waals surface area contributed by atoms with Crippen LogP contribution in [-0.2, 0) is 6.54 Å². The number of hydrogen-bond acceptors (Lipinski definition) is 6. The third-order valence-corrected chi connectivity index (χ3v) is 4.69. The molecular weight excluding hydrogens is 328 g/mol. The molecule has 2 aromatic heterocycles. The molecular formula is C20H22N4O2. The molecule has 6 nitrogen and oxygen atoms in total. The van der Waals surface area contributed by atoms with Gasteiger partial charge >= 0.3 is 0 Å². The van der Waals surface area contributed by atoms with E-state index < -0.39 is 0 Å². The maximum absolute atomic E-state index is 6.00. The third-order valence-electron chi connectivity index (χ3n) is 4.69. The summed E-state index contributed by atoms with van der Waals surface area (Å²) in [5.74, 6) is 2.33. The van der Waals surface area contributed by atoms with Crippen LogP contribution in [0.15, 0.2) is 59.4 Å². The summed E-state index contributed by atoms with van der Waals surface area (Å²) in [5.41, 5.74) is 2.20. The molecule has 0 saturated carbocycles. The predicted molar refractivity (Wildman–Crippen MR) is 98.7 cm³/mol. The number of benzene rings is 1. The second kappa shape index (κ2) is 7.68. The Hall–Kier alpha value is -2.70. The van der Waals surface area contributed by atoms with Gasteiger partial charge in [0, 0.05) is 43.6 Å². The molecule has 1 aliphatic heterocycles. The highest BCUT2D eigenvalue weighted by Gasteiger charge is 2.25. The number of nitrogens with one attached hydrogen (secondary N) is 1. The molecule has 0 amide bonds. The Morgan fingerprint density at radius 2 is 2.12 bits per heavy atom. The number of aromatic nitrogens is 2. The summed E-state index contributed by atoms with van der Waals surface area (Å²) in [6, 6.07) is 12.2. The monoisotopic (exact) mass is 350 g/mol. The van der Waals surface area contributed by atoms with Gasteiger partial charge in [-0.2, -0.15) is 0 Å². The molecule has 1 aromatic carbocycles. The smallest absolute Gasteiger partial charge is 0.209 e. The normalized spacial score (nSPS) is 18.0. The van der Waals surface area contributed by atoms with Gasteiger partial charge in [-0.1, -0.05) is 6.07 Å². The van der Waals surface area contributed by atoms with Crippen LogP contribution >= 0.6 is 0 Å². The van der Waals surface area contributed by atoms with E-state index in [-0.39, 0.29) is 6.04 Å². The van der Waals surface area contributed by atoms with Gasteiger partial charge < -0.3 is 14.5 Å². The number of pyridine rings is 1. The van der Waals surface area contributed by atoms with Gasteiger partial charge in [0.05, 0.1) is 19.9 Å². The van der Waals surface area contributed by atoms with Crippen LogP contribution in [0.1, 0.15) is 17.5 Å². The maximum atomic E-state index is 6.00. The van der Waals surface area contributed by atoms with E-state index in [0.29, 0.717) is 6.54 Å². The molecule has 4 rings (SSSR count). The van der Waals surface area contributed by atoms with Crippen molar-refractivity contribution in [1.82, 2.24) is 20.2 Å². The van der Waals surface area contributed by atoms with Gasteiger partial charge in [0.2, 0.25) is 5.89 Å². The molecule has 1 fully saturated rings. The molecule has 26 heavy (non-hydrogen) atoms. The van der Waals surface area contributed by atoms with Gasteiger partial charge in [-0.3, -0.25) is 9.88 Å². The minimum Gasteiger partial charge on any atom is -0.497 e. The highest BCUT2D eigenvalue weighted by atomic mass is 16.5. The van der Waals surface area contributed by atoms with Crippen LogP contribution in [0.4, 0.5) is 0 Å². The lowest BCUT2D eigenvalue weighted by Crippen LogP contribution is -2.45. The summed E-state index contributed by atoms with van der Waals surface area (Å²) in [7, 11) is 1.66. The number of oxazole rings is 1. The zero-order valence-corrected chi connectivity index (χ0v) is 14.8. The fourth-order valence-electron chi connectivity index (χ4n) is 3.28. The number of nitrogens with zero attached hydrogens (tertiary/aromatic N) is 3. The van der Waals surface area contributed by atoms with Crippen molar-refractivity contribution in [2.75, 3.05) is 26.7 Å². The number of methoxy groups -OCH3 is 1. The Balaban J connectivity index is 1.50. The highest BCUT2D eigenvalue weighted by Crippen LogP contribution is 2.26. The summed E-state index contributed by atoms with van der Waals surface area (Å²) in [6.45, 7) is 3.48. The average Bonchev–Trinajstić information content (AvgIpc) is 3.18. The van der Waals surface area contributed by atoms with Crippen molar-refractivity contribution >= 4 is 0 Å². The molecule has 3 aromatic rings. The van der Waals surface area contributed by atoms with E-state index in [1.165, 1.54) is 5.56 Å². The zero-order chi connectivity index (χ0) is 17.8. The molecule has 1 N–H and O–H groups in total. The first-order chi connectivity index (χ1) is 12.8. The van der Waals surface area contributed by atoms with E-state index in [9.17, 15) is 0 Å². The van der Waals surface area contributed by atoms with Crippen LogP contribution < -0.4 is 10.1 Å². The summed E-state index contributed by atoms with van der Waals surface area (Å²) >= 11 is 0. The highest BCUT2D eigenvalue weighted by molar-refractivity contribution is 5.57. The second-order valence-corrected chi connectivity index (χ2v) is 6.32. The Labute approximate surface area is 152 Å². The number of ether oxygens (including phenoxy) is 1. The van der Waals surface area contributed by atoms with E-state index in [1.54, 1.807) is 19.5 Å². The second-order valence-electron chi connectivity index (χ2n) is 6.32. The quantitative estimate of drug-likeness (QED) is 0.763. The molecule has 0 bridgehead atoms. The minimum atomic E-state index is 0.272. The van der Waals surface area contributed by atoms with Gasteiger partial charge in [-0.25, -0.2) is 4.98 Å². The number of hydrogen-bond donors (Lipinski definition) is 1. The molecule has 0 radical (unpaired) electrons. The van der Waals surface area contributed by atoms with E-state index in [4.69, 9.17) is 9.15 Å². The first-order valence-corrected chi connectivity index (χ1v) is 8.77. The molecule has 0 aliphatic carbocycles. The largest absolute Gasteiger partial charge is 0.497 e. The third kappa shape index (κ3) is 3.61. The van der Waals surface area contributed by atoms with E-state index >= 15 is 0 Å². The van der Waals surface area contributed by atoms with Gasteiger partial charge in [-0.05, 0) is 35.9 Å². The van der Waals surface area contributed by atoms with Crippen molar-refractivity contribution in [2.24, 2.45) is 0 Å². The van der Waals surface area contributed by atoms with E-state index in [1.807, 2.05) is 36.5 Å². The van der Waals surface area contributed by atoms with Crippen LogP contribution in [0.25, 0.3) is 11.3 Å². The van der Waals surface area contributed by atoms with Crippen LogP contribution in [0, 0.1) is 0 Å². The lowest BCUT2D eigenvalue weighted by molar-refractivity contribution is 0.140. The van der Waals surface area contributed by atoms with Crippen molar-refractivity contribution in [3.05, 3.63) is 66.4 Å². The van der Waals surface area contributed by atoms with Crippen molar-refractivity contribution in [3.63, 3.8) is 0 Å². The summed E-state index contributed by atoms with van der Waals surface area (Å²) in [6.07, 6.45) is 5.53. The van der Waals surface area contributed by atoms with Crippen LogP contribution in [0.3, 0.4) is 0 Å². The lowest BCUT2D eigenvalue weighted by Gasteiger charge is -2.35. The number of rotatable bonds is 5. The summed E-state index contributed by atoms with van der Waals surface area (Å²) in [4.78, 5) is 11.1. The molecule has 1 unspecified atom stereocenters. The van der Waals surface area contributed by atoms with Crippen molar-refractivity contribution in [1.29, 1.82) is 0 Å². The molecule has 0 spiro atoms. The average molecular weight is 350 g/mol. The van der Waals surface area contributed by atoms with Crippen LogP contribution in [0.5, 0.6) is 5.75 Å². The summed E-state index contributed by atoms with van der Waals surface area (Å²) in [5, 5.41) is 3.46. The number of piperazine rings is 1. The van der Waals surface area contributed by atoms with Gasteiger partial charge in [0.25, 0.3) is 0 Å². The topological polar surface area (TPSA) is 63.4 Å². The molecule has 1 saturated heterocycles. The Kier molecular flexibility index (Phi) is 4.95. The Morgan fingerprint density at radius 1 is 1.23 bits per heavy atom. The summed E-state index contributed by atoms with van der Waals surface area (Å²) < 4.78 is 11.2. The van der Waals surface area contributed by atoms with Crippen LogP contribution in [-0.4, -0.2) is 41.6 Å². The molecule has 6 heteroatoms. The first kappa shape index (κ1) is 16.8. The minimum absolute atomic E-state index is 0.272. The van der Waals surface area contributed by atoms with E-state index in [2.05, 4.69) is 26.3 Å². The lowest BCUT2D eigenvalue weighted by atomic mass is 10.1. The molecule has 1 aliphatic rings. The van der Waals surface area contributed by atoms with Crippen molar-refractivity contribution < 1.29 is 9.15 Å².